The second-order valence-corrected chi connectivity index (χ2v) is 4.63. The number of nitrogens with zero attached hydrogens (tertiary/aromatic N) is 2. The first-order valence-electron chi connectivity index (χ1n) is 5.61. The fraction of sp³-hybridized carbons (Fsp3) is 0.250. The highest BCUT2D eigenvalue weighted by atomic mass is 32.1. The van der Waals surface area contributed by atoms with Crippen LogP contribution < -0.4 is 11.1 Å². The number of rotatable bonds is 3. The van der Waals surface area contributed by atoms with Crippen LogP contribution in [0.4, 0.5) is 11.4 Å². The minimum Gasteiger partial charge on any atom is -0.398 e. The van der Waals surface area contributed by atoms with Gasteiger partial charge in [-0.2, -0.15) is 0 Å². The molecule has 0 bridgehead atoms. The molecule has 0 unspecified atom stereocenters. The van der Waals surface area contributed by atoms with Crippen molar-refractivity contribution >= 4 is 28.8 Å². The van der Waals surface area contributed by atoms with E-state index in [9.17, 15) is 4.79 Å². The molecule has 1 heterocycles. The number of nitrogens with two attached hydrogens (primary N) is 1. The lowest BCUT2D eigenvalue weighted by Crippen LogP contribution is -2.13. The van der Waals surface area contributed by atoms with E-state index in [2.05, 4.69) is 14.9 Å². The third kappa shape index (κ3) is 2.33. The summed E-state index contributed by atoms with van der Waals surface area (Å²) in [6, 6.07) is 5.43. The molecule has 0 fully saturated rings. The number of hydrogen-bond acceptors (Lipinski definition) is 5. The van der Waals surface area contributed by atoms with E-state index in [0.717, 1.165) is 28.5 Å². The first-order valence-corrected chi connectivity index (χ1v) is 6.38. The highest BCUT2D eigenvalue weighted by molar-refractivity contribution is 7.08. The van der Waals surface area contributed by atoms with Gasteiger partial charge < -0.3 is 11.1 Å². The Morgan fingerprint density at radius 3 is 3.00 bits per heavy atom. The summed E-state index contributed by atoms with van der Waals surface area (Å²) in [5.74, 6) is -0.185. The molecule has 18 heavy (non-hydrogen) atoms. The van der Waals surface area contributed by atoms with Crippen LogP contribution in [0.2, 0.25) is 0 Å². The largest absolute Gasteiger partial charge is 0.398 e. The minimum absolute atomic E-state index is 0.185. The highest BCUT2D eigenvalue weighted by Crippen LogP contribution is 2.22. The summed E-state index contributed by atoms with van der Waals surface area (Å²) in [6.07, 6.45) is 0.690. The molecular weight excluding hydrogens is 248 g/mol. The van der Waals surface area contributed by atoms with E-state index in [1.54, 1.807) is 6.07 Å². The van der Waals surface area contributed by atoms with E-state index in [1.165, 1.54) is 0 Å². The molecule has 0 spiro atoms. The van der Waals surface area contributed by atoms with Gasteiger partial charge >= 0.3 is 0 Å². The topological polar surface area (TPSA) is 80.9 Å². The number of carbonyl (C=O) groups excluding carboxylic acids is 1. The maximum atomic E-state index is 12.1. The van der Waals surface area contributed by atoms with Gasteiger partial charge in [0.25, 0.3) is 5.91 Å². The Morgan fingerprint density at radius 1 is 1.50 bits per heavy atom. The molecule has 2 aromatic rings. The van der Waals surface area contributed by atoms with Gasteiger partial charge in [0.05, 0.1) is 5.69 Å². The van der Waals surface area contributed by atoms with Crippen molar-refractivity contribution in [2.75, 3.05) is 11.1 Å². The van der Waals surface area contributed by atoms with Gasteiger partial charge in [0.1, 0.15) is 4.88 Å². The lowest BCUT2D eigenvalue weighted by Gasteiger charge is -2.09. The summed E-state index contributed by atoms with van der Waals surface area (Å²) in [7, 11) is 0. The average molecular weight is 262 g/mol. The minimum atomic E-state index is -0.185. The normalized spacial score (nSPS) is 10.3. The number of nitrogen functional groups attached to an aromatic ring is 1. The zero-order chi connectivity index (χ0) is 13.1. The van der Waals surface area contributed by atoms with Gasteiger partial charge in [0.15, 0.2) is 0 Å². The van der Waals surface area contributed by atoms with Gasteiger partial charge in [0.2, 0.25) is 0 Å². The van der Waals surface area contributed by atoms with Gasteiger partial charge in [0, 0.05) is 11.4 Å². The van der Waals surface area contributed by atoms with Crippen molar-refractivity contribution in [2.45, 2.75) is 20.3 Å². The van der Waals surface area contributed by atoms with Crippen molar-refractivity contribution in [3.63, 3.8) is 0 Å². The summed E-state index contributed by atoms with van der Waals surface area (Å²) in [5.41, 5.74) is 8.76. The molecule has 1 amide bonds. The third-order valence-corrected chi connectivity index (χ3v) is 3.49. The number of hydrogen-bond donors (Lipinski definition) is 2. The van der Waals surface area contributed by atoms with Crippen molar-refractivity contribution in [2.24, 2.45) is 0 Å². The summed E-state index contributed by atoms with van der Waals surface area (Å²) in [5, 5.41) is 6.76. The van der Waals surface area contributed by atoms with Crippen LogP contribution in [0, 0.1) is 6.92 Å². The molecule has 0 aliphatic rings. The van der Waals surface area contributed by atoms with Crippen LogP contribution in [-0.2, 0) is 6.42 Å². The van der Waals surface area contributed by atoms with Gasteiger partial charge in [-0.3, -0.25) is 4.79 Å². The van der Waals surface area contributed by atoms with E-state index in [0.29, 0.717) is 17.0 Å². The van der Waals surface area contributed by atoms with Crippen molar-refractivity contribution in [3.05, 3.63) is 34.3 Å². The molecular formula is C12H14N4OS. The van der Waals surface area contributed by atoms with Crippen LogP contribution in [0.25, 0.3) is 0 Å². The second-order valence-electron chi connectivity index (χ2n) is 3.88. The fourth-order valence-electron chi connectivity index (χ4n) is 1.58. The molecule has 5 nitrogen and oxygen atoms in total. The molecule has 94 valence electrons. The van der Waals surface area contributed by atoms with Crippen LogP contribution in [0.15, 0.2) is 18.2 Å². The number of anilines is 2. The third-order valence-electron chi connectivity index (χ3n) is 2.72. The Balaban J connectivity index is 2.24. The predicted molar refractivity (Wildman–Crippen MR) is 72.8 cm³/mol. The first kappa shape index (κ1) is 12.5. The molecule has 3 N–H and O–H groups in total. The Morgan fingerprint density at radius 2 is 2.28 bits per heavy atom. The SMILES string of the molecule is CCc1nnsc1C(=O)Nc1cccc(N)c1C. The van der Waals surface area contributed by atoms with Crippen molar-refractivity contribution < 1.29 is 4.79 Å². The van der Waals surface area contributed by atoms with Crippen molar-refractivity contribution in [1.82, 2.24) is 9.59 Å². The summed E-state index contributed by atoms with van der Waals surface area (Å²) in [4.78, 5) is 12.7. The standard InChI is InChI=1S/C12H14N4OS/c1-3-9-11(18-16-15-9)12(17)14-10-6-4-5-8(13)7(10)2/h4-6H,3,13H2,1-2H3,(H,14,17). The molecule has 1 aromatic heterocycles. The van der Waals surface area contributed by atoms with E-state index < -0.39 is 0 Å². The molecule has 0 saturated carbocycles. The van der Waals surface area contributed by atoms with E-state index in [-0.39, 0.29) is 5.91 Å². The Kier molecular flexibility index (Phi) is 3.57. The Bertz CT molecular complexity index is 579. The Hall–Kier alpha value is -1.95. The van der Waals surface area contributed by atoms with Gasteiger partial charge in [-0.1, -0.05) is 17.5 Å². The van der Waals surface area contributed by atoms with Crippen molar-refractivity contribution in [3.8, 4) is 0 Å². The maximum Gasteiger partial charge on any atom is 0.269 e. The average Bonchev–Trinajstić information content (AvgIpc) is 2.83. The van der Waals surface area contributed by atoms with Crippen LogP contribution in [-0.4, -0.2) is 15.5 Å². The number of nitrogens with one attached hydrogen (secondary N) is 1. The number of aryl methyl sites for hydroxylation is 1. The molecule has 0 radical (unpaired) electrons. The van der Waals surface area contributed by atoms with Crippen LogP contribution in [0.3, 0.4) is 0 Å². The molecule has 0 saturated heterocycles. The summed E-state index contributed by atoms with van der Waals surface area (Å²) < 4.78 is 3.80. The van der Waals surface area contributed by atoms with Crippen LogP contribution in [0.1, 0.15) is 27.9 Å². The number of carbonyl (C=O) groups is 1. The van der Waals surface area contributed by atoms with Crippen LogP contribution in [0.5, 0.6) is 0 Å². The van der Waals surface area contributed by atoms with E-state index >= 15 is 0 Å². The monoisotopic (exact) mass is 262 g/mol. The van der Waals surface area contributed by atoms with Gasteiger partial charge in [-0.25, -0.2) is 0 Å². The lowest BCUT2D eigenvalue weighted by molar-refractivity contribution is 0.102. The predicted octanol–water partition coefficient (Wildman–Crippen LogP) is 2.24. The molecule has 0 aliphatic heterocycles. The van der Waals surface area contributed by atoms with E-state index in [1.807, 2.05) is 26.0 Å². The van der Waals surface area contributed by atoms with Gasteiger partial charge in [-0.05, 0) is 42.6 Å². The molecule has 0 atom stereocenters. The second kappa shape index (κ2) is 5.14. The van der Waals surface area contributed by atoms with Crippen LogP contribution >= 0.6 is 11.5 Å². The Labute approximate surface area is 109 Å². The summed E-state index contributed by atoms with van der Waals surface area (Å²) in [6.45, 7) is 3.82. The highest BCUT2D eigenvalue weighted by Gasteiger charge is 2.15. The molecule has 1 aromatic carbocycles. The molecule has 0 aliphatic carbocycles. The molecule has 6 heteroatoms. The lowest BCUT2D eigenvalue weighted by atomic mass is 10.1. The summed E-state index contributed by atoms with van der Waals surface area (Å²) >= 11 is 1.11. The molecule has 2 rings (SSSR count). The number of benzene rings is 1. The number of aromatic nitrogens is 2. The quantitative estimate of drug-likeness (QED) is 0.831. The zero-order valence-corrected chi connectivity index (χ0v) is 11.0. The van der Waals surface area contributed by atoms with Gasteiger partial charge in [-0.15, -0.1) is 5.10 Å². The fourth-order valence-corrected chi connectivity index (χ4v) is 2.23. The maximum absolute atomic E-state index is 12.1. The smallest absolute Gasteiger partial charge is 0.269 e. The first-order chi connectivity index (χ1) is 8.63. The zero-order valence-electron chi connectivity index (χ0n) is 10.2. The number of amides is 1. The van der Waals surface area contributed by atoms with E-state index in [4.69, 9.17) is 5.73 Å². The van der Waals surface area contributed by atoms with Crippen molar-refractivity contribution in [1.29, 1.82) is 0 Å².